The fourth-order valence-corrected chi connectivity index (χ4v) is 0.952. The van der Waals surface area contributed by atoms with Gasteiger partial charge in [0.15, 0.2) is 0 Å². The number of aromatic nitrogens is 3. The Bertz CT molecular complexity index is 344. The smallest absolute Gasteiger partial charge is 0.213 e. The highest BCUT2D eigenvalue weighted by molar-refractivity contribution is 5.09. The van der Waals surface area contributed by atoms with E-state index >= 15 is 0 Å². The summed E-state index contributed by atoms with van der Waals surface area (Å²) < 4.78 is 5.36. The summed E-state index contributed by atoms with van der Waals surface area (Å²) in [5, 5.41) is 6.67. The van der Waals surface area contributed by atoms with Crippen molar-refractivity contribution in [2.24, 2.45) is 0 Å². The molecule has 2 rings (SSSR count). The zero-order chi connectivity index (χ0) is 8.93. The van der Waals surface area contributed by atoms with Crippen LogP contribution in [0, 0.1) is 0 Å². The number of nitrogens with zero attached hydrogens (tertiary/aromatic N) is 2. The molecule has 13 heavy (non-hydrogen) atoms. The molecule has 0 radical (unpaired) electrons. The van der Waals surface area contributed by atoms with Gasteiger partial charge in [0.1, 0.15) is 6.61 Å². The molecule has 4 heteroatoms. The van der Waals surface area contributed by atoms with Gasteiger partial charge in [0, 0.05) is 18.5 Å². The monoisotopic (exact) mass is 175 g/mol. The van der Waals surface area contributed by atoms with E-state index in [0.29, 0.717) is 12.5 Å². The molecule has 0 bridgehead atoms. The normalized spacial score (nSPS) is 9.85. The zero-order valence-electron chi connectivity index (χ0n) is 6.97. The maximum Gasteiger partial charge on any atom is 0.213 e. The van der Waals surface area contributed by atoms with Gasteiger partial charge >= 0.3 is 0 Å². The van der Waals surface area contributed by atoms with Gasteiger partial charge in [-0.15, -0.1) is 0 Å². The molecule has 2 aromatic heterocycles. The highest BCUT2D eigenvalue weighted by Gasteiger charge is 1.96. The summed E-state index contributed by atoms with van der Waals surface area (Å²) in [6.45, 7) is 0.445. The fourth-order valence-electron chi connectivity index (χ4n) is 0.952. The minimum Gasteiger partial charge on any atom is -0.471 e. The lowest BCUT2D eigenvalue weighted by Gasteiger charge is -2.00. The molecule has 0 amide bonds. The molecule has 0 saturated carbocycles. The highest BCUT2D eigenvalue weighted by atomic mass is 16.5. The average Bonchev–Trinajstić information content (AvgIpc) is 2.69. The van der Waals surface area contributed by atoms with Crippen LogP contribution >= 0.6 is 0 Å². The summed E-state index contributed by atoms with van der Waals surface area (Å²) in [6.07, 6.45) is 3.46. The number of hydrogen-bond donors (Lipinski definition) is 1. The Morgan fingerprint density at radius 2 is 2.31 bits per heavy atom. The average molecular weight is 175 g/mol. The van der Waals surface area contributed by atoms with E-state index in [2.05, 4.69) is 15.2 Å². The van der Waals surface area contributed by atoms with Gasteiger partial charge in [-0.25, -0.2) is 4.98 Å². The van der Waals surface area contributed by atoms with E-state index in [1.807, 2.05) is 24.3 Å². The third-order valence-corrected chi connectivity index (χ3v) is 1.56. The Labute approximate surface area is 75.6 Å². The quantitative estimate of drug-likeness (QED) is 0.766. The van der Waals surface area contributed by atoms with Crippen LogP contribution in [-0.2, 0) is 6.61 Å². The first-order chi connectivity index (χ1) is 6.45. The SMILES string of the molecule is c1ccc(OCc2cc[nH]n2)nc1. The second-order valence-electron chi connectivity index (χ2n) is 2.52. The van der Waals surface area contributed by atoms with Gasteiger partial charge < -0.3 is 4.74 Å². The topological polar surface area (TPSA) is 50.8 Å². The van der Waals surface area contributed by atoms with Crippen LogP contribution in [0.15, 0.2) is 36.7 Å². The molecular formula is C9H9N3O. The first kappa shape index (κ1) is 7.79. The maximum atomic E-state index is 5.36. The predicted octanol–water partition coefficient (Wildman–Crippen LogP) is 1.38. The molecule has 2 heterocycles. The molecule has 1 N–H and O–H groups in total. The number of pyridine rings is 1. The molecular weight excluding hydrogens is 166 g/mol. The lowest BCUT2D eigenvalue weighted by molar-refractivity contribution is 0.289. The standard InChI is InChI=1S/C9H9N3O/c1-2-5-10-9(3-1)13-7-8-4-6-11-12-8/h1-6H,7H2,(H,11,12). The van der Waals surface area contributed by atoms with Crippen LogP contribution < -0.4 is 4.74 Å². The van der Waals surface area contributed by atoms with Crippen molar-refractivity contribution >= 4 is 0 Å². The van der Waals surface area contributed by atoms with Crippen molar-refractivity contribution < 1.29 is 4.74 Å². The maximum absolute atomic E-state index is 5.36. The lowest BCUT2D eigenvalue weighted by Crippen LogP contribution is -1.96. The van der Waals surface area contributed by atoms with E-state index in [4.69, 9.17) is 4.74 Å². The van der Waals surface area contributed by atoms with E-state index in [-0.39, 0.29) is 0 Å². The molecule has 0 spiro atoms. The summed E-state index contributed by atoms with van der Waals surface area (Å²) >= 11 is 0. The Morgan fingerprint density at radius 3 is 3.00 bits per heavy atom. The number of H-pyrrole nitrogens is 1. The first-order valence-corrected chi connectivity index (χ1v) is 3.97. The second-order valence-corrected chi connectivity index (χ2v) is 2.52. The number of nitrogens with one attached hydrogen (secondary N) is 1. The Balaban J connectivity index is 1.94. The third-order valence-electron chi connectivity index (χ3n) is 1.56. The van der Waals surface area contributed by atoms with Crippen LogP contribution in [0.4, 0.5) is 0 Å². The first-order valence-electron chi connectivity index (χ1n) is 3.97. The van der Waals surface area contributed by atoms with Gasteiger partial charge in [-0.1, -0.05) is 6.07 Å². The van der Waals surface area contributed by atoms with Crippen LogP contribution in [0.2, 0.25) is 0 Å². The molecule has 0 fully saturated rings. The van der Waals surface area contributed by atoms with Crippen molar-refractivity contribution in [2.75, 3.05) is 0 Å². The minimum atomic E-state index is 0.445. The molecule has 4 nitrogen and oxygen atoms in total. The Kier molecular flexibility index (Phi) is 2.22. The summed E-state index contributed by atoms with van der Waals surface area (Å²) in [4.78, 5) is 4.02. The van der Waals surface area contributed by atoms with Gasteiger partial charge in [0.25, 0.3) is 0 Å². The van der Waals surface area contributed by atoms with Gasteiger partial charge in [0.05, 0.1) is 5.69 Å². The van der Waals surface area contributed by atoms with E-state index in [0.717, 1.165) is 5.69 Å². The van der Waals surface area contributed by atoms with Gasteiger partial charge in [-0.2, -0.15) is 5.10 Å². The van der Waals surface area contributed by atoms with Crippen molar-refractivity contribution in [3.8, 4) is 5.88 Å². The lowest BCUT2D eigenvalue weighted by atomic mass is 10.4. The molecule has 0 aromatic carbocycles. The Hall–Kier alpha value is -1.84. The van der Waals surface area contributed by atoms with Crippen molar-refractivity contribution in [1.82, 2.24) is 15.2 Å². The summed E-state index contributed by atoms with van der Waals surface area (Å²) in [6, 6.07) is 7.41. The third kappa shape index (κ3) is 2.05. The fraction of sp³-hybridized carbons (Fsp3) is 0.111. The van der Waals surface area contributed by atoms with Crippen LogP contribution in [-0.4, -0.2) is 15.2 Å². The zero-order valence-corrected chi connectivity index (χ0v) is 6.97. The number of rotatable bonds is 3. The van der Waals surface area contributed by atoms with Crippen LogP contribution in [0.1, 0.15) is 5.69 Å². The Morgan fingerprint density at radius 1 is 1.31 bits per heavy atom. The summed E-state index contributed by atoms with van der Waals surface area (Å²) in [5.74, 6) is 0.616. The number of aromatic amines is 1. The van der Waals surface area contributed by atoms with Crippen molar-refractivity contribution in [3.05, 3.63) is 42.4 Å². The molecule has 0 aliphatic carbocycles. The largest absolute Gasteiger partial charge is 0.471 e. The highest BCUT2D eigenvalue weighted by Crippen LogP contribution is 2.05. The van der Waals surface area contributed by atoms with Crippen LogP contribution in [0.3, 0.4) is 0 Å². The van der Waals surface area contributed by atoms with Crippen LogP contribution in [0.5, 0.6) is 5.88 Å². The van der Waals surface area contributed by atoms with Crippen molar-refractivity contribution in [2.45, 2.75) is 6.61 Å². The number of ether oxygens (including phenoxy) is 1. The van der Waals surface area contributed by atoms with E-state index in [1.54, 1.807) is 12.4 Å². The summed E-state index contributed by atoms with van der Waals surface area (Å²) in [5.41, 5.74) is 0.866. The van der Waals surface area contributed by atoms with Gasteiger partial charge in [-0.3, -0.25) is 5.10 Å². The van der Waals surface area contributed by atoms with Crippen LogP contribution in [0.25, 0.3) is 0 Å². The molecule has 0 aliphatic rings. The van der Waals surface area contributed by atoms with E-state index < -0.39 is 0 Å². The number of hydrogen-bond acceptors (Lipinski definition) is 3. The molecule has 2 aromatic rings. The van der Waals surface area contributed by atoms with Crippen molar-refractivity contribution in [3.63, 3.8) is 0 Å². The van der Waals surface area contributed by atoms with E-state index in [9.17, 15) is 0 Å². The molecule has 0 saturated heterocycles. The second kappa shape index (κ2) is 3.71. The molecule has 0 unspecified atom stereocenters. The minimum absolute atomic E-state index is 0.445. The molecule has 0 aliphatic heterocycles. The predicted molar refractivity (Wildman–Crippen MR) is 47.2 cm³/mol. The van der Waals surface area contributed by atoms with Crippen molar-refractivity contribution in [1.29, 1.82) is 0 Å². The summed E-state index contributed by atoms with van der Waals surface area (Å²) in [7, 11) is 0. The molecule has 0 atom stereocenters. The molecule has 66 valence electrons. The van der Waals surface area contributed by atoms with Gasteiger partial charge in [-0.05, 0) is 12.1 Å². The van der Waals surface area contributed by atoms with E-state index in [1.165, 1.54) is 0 Å². The van der Waals surface area contributed by atoms with Gasteiger partial charge in [0.2, 0.25) is 5.88 Å².